The van der Waals surface area contributed by atoms with E-state index in [1.807, 2.05) is 31.2 Å². The van der Waals surface area contributed by atoms with E-state index in [9.17, 15) is 4.79 Å². The maximum Gasteiger partial charge on any atom is 0.254 e. The van der Waals surface area contributed by atoms with Gasteiger partial charge in [-0.3, -0.25) is 14.9 Å². The average Bonchev–Trinajstić information content (AvgIpc) is 2.91. The summed E-state index contributed by atoms with van der Waals surface area (Å²) >= 11 is 0. The first-order valence-electron chi connectivity index (χ1n) is 6.62. The molecule has 0 saturated carbocycles. The number of aromatic amines is 1. The Morgan fingerprint density at radius 1 is 1.29 bits per heavy atom. The van der Waals surface area contributed by atoms with Gasteiger partial charge in [-0.25, -0.2) is 4.98 Å². The van der Waals surface area contributed by atoms with Crippen molar-refractivity contribution in [3.05, 3.63) is 53.7 Å². The number of rotatable bonds is 3. The molecular formula is C15H15N5O. The number of carbonyl (C=O) groups is 1. The van der Waals surface area contributed by atoms with E-state index in [1.165, 1.54) is 0 Å². The highest BCUT2D eigenvalue weighted by Gasteiger charge is 2.16. The van der Waals surface area contributed by atoms with E-state index in [4.69, 9.17) is 0 Å². The number of fused-ring (bicyclic) bond motifs is 1. The lowest BCUT2D eigenvalue weighted by molar-refractivity contribution is 0.0783. The van der Waals surface area contributed by atoms with Crippen LogP contribution in [0.25, 0.3) is 10.9 Å². The highest BCUT2D eigenvalue weighted by molar-refractivity contribution is 6.05. The van der Waals surface area contributed by atoms with E-state index in [2.05, 4.69) is 20.2 Å². The molecular weight excluding hydrogens is 266 g/mol. The molecule has 0 fully saturated rings. The average molecular weight is 281 g/mol. The Morgan fingerprint density at radius 2 is 2.10 bits per heavy atom. The number of hydrogen-bond acceptors (Lipinski definition) is 4. The molecule has 1 amide bonds. The number of pyridine rings is 1. The standard InChI is InChI=1S/C15H15N5O/c1-10-17-14(19-18-10)9-20(2)15(21)12-7-8-16-13-6-4-3-5-11(12)13/h3-8H,9H2,1-2H3,(H,17,18,19). The quantitative estimate of drug-likeness (QED) is 0.796. The number of carbonyl (C=O) groups excluding carboxylic acids is 1. The zero-order chi connectivity index (χ0) is 14.8. The molecule has 1 aromatic carbocycles. The molecule has 0 atom stereocenters. The predicted molar refractivity (Wildman–Crippen MR) is 78.7 cm³/mol. The second kappa shape index (κ2) is 5.32. The SMILES string of the molecule is Cc1nc(CN(C)C(=O)c2ccnc3ccccc23)n[nH]1. The third-order valence-electron chi connectivity index (χ3n) is 3.25. The van der Waals surface area contributed by atoms with Crippen molar-refractivity contribution in [1.82, 2.24) is 25.1 Å². The summed E-state index contributed by atoms with van der Waals surface area (Å²) in [7, 11) is 1.74. The molecule has 6 nitrogen and oxygen atoms in total. The van der Waals surface area contributed by atoms with Crippen LogP contribution in [-0.2, 0) is 6.54 Å². The first-order valence-corrected chi connectivity index (χ1v) is 6.62. The first-order chi connectivity index (χ1) is 10.1. The molecule has 2 aromatic heterocycles. The summed E-state index contributed by atoms with van der Waals surface area (Å²) in [6.07, 6.45) is 1.65. The molecule has 0 radical (unpaired) electrons. The van der Waals surface area contributed by atoms with Crippen LogP contribution < -0.4 is 0 Å². The van der Waals surface area contributed by atoms with Gasteiger partial charge in [-0.05, 0) is 19.1 Å². The Balaban J connectivity index is 1.89. The summed E-state index contributed by atoms with van der Waals surface area (Å²) in [5, 5.41) is 7.68. The van der Waals surface area contributed by atoms with Gasteiger partial charge in [0.2, 0.25) is 0 Å². The molecule has 2 heterocycles. The van der Waals surface area contributed by atoms with Crippen molar-refractivity contribution >= 4 is 16.8 Å². The topological polar surface area (TPSA) is 74.8 Å². The molecule has 1 N–H and O–H groups in total. The number of para-hydroxylation sites is 1. The van der Waals surface area contributed by atoms with Crippen molar-refractivity contribution < 1.29 is 4.79 Å². The monoisotopic (exact) mass is 281 g/mol. The second-order valence-electron chi connectivity index (χ2n) is 4.87. The molecule has 106 valence electrons. The van der Waals surface area contributed by atoms with Gasteiger partial charge in [0.25, 0.3) is 5.91 Å². The van der Waals surface area contributed by atoms with E-state index in [-0.39, 0.29) is 5.91 Å². The molecule has 0 aliphatic rings. The predicted octanol–water partition coefficient (Wildman–Crippen LogP) is 1.93. The number of hydrogen-bond donors (Lipinski definition) is 1. The minimum atomic E-state index is -0.0731. The van der Waals surface area contributed by atoms with Crippen molar-refractivity contribution in [2.45, 2.75) is 13.5 Å². The molecule has 3 rings (SSSR count). The fourth-order valence-electron chi connectivity index (χ4n) is 2.23. The van der Waals surface area contributed by atoms with Crippen molar-refractivity contribution in [1.29, 1.82) is 0 Å². The maximum atomic E-state index is 12.6. The van der Waals surface area contributed by atoms with Gasteiger partial charge >= 0.3 is 0 Å². The zero-order valence-electron chi connectivity index (χ0n) is 11.9. The van der Waals surface area contributed by atoms with Crippen LogP contribution in [0.1, 0.15) is 22.0 Å². The Hall–Kier alpha value is -2.76. The Morgan fingerprint density at radius 3 is 2.86 bits per heavy atom. The largest absolute Gasteiger partial charge is 0.334 e. The van der Waals surface area contributed by atoms with Gasteiger partial charge in [-0.1, -0.05) is 18.2 Å². The number of benzene rings is 1. The van der Waals surface area contributed by atoms with Crippen LogP contribution in [0, 0.1) is 6.92 Å². The van der Waals surface area contributed by atoms with Crippen molar-refractivity contribution in [3.63, 3.8) is 0 Å². The summed E-state index contributed by atoms with van der Waals surface area (Å²) in [5.41, 5.74) is 1.45. The van der Waals surface area contributed by atoms with Crippen LogP contribution in [-0.4, -0.2) is 38.0 Å². The lowest BCUT2D eigenvalue weighted by Gasteiger charge is -2.16. The summed E-state index contributed by atoms with van der Waals surface area (Å²) in [5.74, 6) is 1.26. The number of amides is 1. The Labute approximate surface area is 121 Å². The van der Waals surface area contributed by atoms with Crippen LogP contribution in [0.15, 0.2) is 36.5 Å². The van der Waals surface area contributed by atoms with E-state index in [0.29, 0.717) is 17.9 Å². The van der Waals surface area contributed by atoms with E-state index in [0.717, 1.165) is 16.7 Å². The summed E-state index contributed by atoms with van der Waals surface area (Å²) in [6.45, 7) is 2.19. The van der Waals surface area contributed by atoms with Gasteiger partial charge in [0, 0.05) is 18.6 Å². The molecule has 0 saturated heterocycles. The smallest absolute Gasteiger partial charge is 0.254 e. The maximum absolute atomic E-state index is 12.6. The van der Waals surface area contributed by atoms with Gasteiger partial charge < -0.3 is 4.90 Å². The second-order valence-corrected chi connectivity index (χ2v) is 4.87. The molecule has 0 aliphatic heterocycles. The molecule has 0 spiro atoms. The Kier molecular flexibility index (Phi) is 3.35. The lowest BCUT2D eigenvalue weighted by Crippen LogP contribution is -2.27. The highest BCUT2D eigenvalue weighted by Crippen LogP contribution is 2.18. The number of nitrogens with one attached hydrogen (secondary N) is 1. The van der Waals surface area contributed by atoms with Crippen LogP contribution in [0.2, 0.25) is 0 Å². The van der Waals surface area contributed by atoms with Crippen LogP contribution in [0.4, 0.5) is 0 Å². The van der Waals surface area contributed by atoms with Gasteiger partial charge in [-0.2, -0.15) is 5.10 Å². The molecule has 3 aromatic rings. The minimum absolute atomic E-state index is 0.0731. The van der Waals surface area contributed by atoms with Gasteiger partial charge in [0.15, 0.2) is 5.82 Å². The lowest BCUT2D eigenvalue weighted by atomic mass is 10.1. The zero-order valence-corrected chi connectivity index (χ0v) is 11.9. The third kappa shape index (κ3) is 2.60. The molecule has 21 heavy (non-hydrogen) atoms. The number of aryl methyl sites for hydroxylation is 1. The van der Waals surface area contributed by atoms with Gasteiger partial charge in [0.1, 0.15) is 5.82 Å². The van der Waals surface area contributed by atoms with Gasteiger partial charge in [-0.15, -0.1) is 0 Å². The molecule has 0 unspecified atom stereocenters. The van der Waals surface area contributed by atoms with Crippen molar-refractivity contribution in [2.24, 2.45) is 0 Å². The normalized spacial score (nSPS) is 10.8. The molecule has 0 bridgehead atoms. The van der Waals surface area contributed by atoms with Crippen LogP contribution in [0.3, 0.4) is 0 Å². The van der Waals surface area contributed by atoms with E-state index in [1.54, 1.807) is 24.2 Å². The third-order valence-corrected chi connectivity index (χ3v) is 3.25. The fraction of sp³-hybridized carbons (Fsp3) is 0.200. The van der Waals surface area contributed by atoms with Crippen molar-refractivity contribution in [2.75, 3.05) is 7.05 Å². The number of H-pyrrole nitrogens is 1. The number of nitrogens with zero attached hydrogens (tertiary/aromatic N) is 4. The van der Waals surface area contributed by atoms with Crippen molar-refractivity contribution in [3.8, 4) is 0 Å². The van der Waals surface area contributed by atoms with Crippen LogP contribution >= 0.6 is 0 Å². The van der Waals surface area contributed by atoms with Gasteiger partial charge in [0.05, 0.1) is 17.6 Å². The van der Waals surface area contributed by atoms with E-state index < -0.39 is 0 Å². The summed E-state index contributed by atoms with van der Waals surface area (Å²) in [6, 6.07) is 9.35. The molecule has 0 aliphatic carbocycles. The highest BCUT2D eigenvalue weighted by atomic mass is 16.2. The number of aromatic nitrogens is 4. The fourth-order valence-corrected chi connectivity index (χ4v) is 2.23. The first kappa shape index (κ1) is 13.2. The van der Waals surface area contributed by atoms with Crippen LogP contribution in [0.5, 0.6) is 0 Å². The summed E-state index contributed by atoms with van der Waals surface area (Å²) < 4.78 is 0. The minimum Gasteiger partial charge on any atom is -0.334 e. The molecule has 6 heteroatoms. The Bertz CT molecular complexity index is 790. The van der Waals surface area contributed by atoms with E-state index >= 15 is 0 Å². The summed E-state index contributed by atoms with van der Waals surface area (Å²) in [4.78, 5) is 22.7.